The van der Waals surface area contributed by atoms with E-state index in [1.54, 1.807) is 18.2 Å². The molecule has 0 spiro atoms. The standard InChI is InChI=1S/C15H18ClN3O/c16-13-6-3-7-14(17)15(13)20-10-11-8-9-19(18-11)12-4-1-2-5-12/h3,6-9,12H,1-2,4-5,10,17H2. The molecule has 0 bridgehead atoms. The fraction of sp³-hybridized carbons (Fsp3) is 0.400. The maximum Gasteiger partial charge on any atom is 0.161 e. The van der Waals surface area contributed by atoms with E-state index in [2.05, 4.69) is 9.78 Å². The predicted molar refractivity (Wildman–Crippen MR) is 79.9 cm³/mol. The molecule has 3 rings (SSSR count). The lowest BCUT2D eigenvalue weighted by Gasteiger charge is -2.10. The van der Waals surface area contributed by atoms with Crippen molar-refractivity contribution in [2.24, 2.45) is 0 Å². The molecule has 1 aliphatic carbocycles. The number of nitrogens with two attached hydrogens (primary N) is 1. The lowest BCUT2D eigenvalue weighted by Crippen LogP contribution is -2.06. The highest BCUT2D eigenvalue weighted by Gasteiger charge is 2.17. The van der Waals surface area contributed by atoms with Crippen LogP contribution < -0.4 is 10.5 Å². The zero-order valence-corrected chi connectivity index (χ0v) is 12.0. The van der Waals surface area contributed by atoms with Gasteiger partial charge in [0.15, 0.2) is 5.75 Å². The van der Waals surface area contributed by atoms with Gasteiger partial charge in [-0.3, -0.25) is 4.68 Å². The fourth-order valence-corrected chi connectivity index (χ4v) is 2.89. The third kappa shape index (κ3) is 2.75. The molecule has 1 saturated carbocycles. The number of rotatable bonds is 4. The smallest absolute Gasteiger partial charge is 0.161 e. The summed E-state index contributed by atoms with van der Waals surface area (Å²) < 4.78 is 7.75. The molecule has 1 aliphatic rings. The van der Waals surface area contributed by atoms with Gasteiger partial charge in [-0.2, -0.15) is 5.10 Å². The number of nitrogens with zero attached hydrogens (tertiary/aromatic N) is 2. The van der Waals surface area contributed by atoms with Crippen molar-refractivity contribution < 1.29 is 4.74 Å². The van der Waals surface area contributed by atoms with Gasteiger partial charge >= 0.3 is 0 Å². The molecule has 0 amide bonds. The largest absolute Gasteiger partial charge is 0.483 e. The van der Waals surface area contributed by atoms with Crippen molar-refractivity contribution in [1.82, 2.24) is 9.78 Å². The van der Waals surface area contributed by atoms with Crippen molar-refractivity contribution in [2.45, 2.75) is 38.3 Å². The van der Waals surface area contributed by atoms with Crippen LogP contribution in [-0.2, 0) is 6.61 Å². The van der Waals surface area contributed by atoms with Crippen LogP contribution in [0.25, 0.3) is 0 Å². The first kappa shape index (κ1) is 13.3. The summed E-state index contributed by atoms with van der Waals surface area (Å²) in [6.07, 6.45) is 7.07. The Hall–Kier alpha value is -1.68. The first-order valence-electron chi connectivity index (χ1n) is 6.95. The van der Waals surface area contributed by atoms with Gasteiger partial charge < -0.3 is 10.5 Å². The highest BCUT2D eigenvalue weighted by Crippen LogP contribution is 2.31. The highest BCUT2D eigenvalue weighted by atomic mass is 35.5. The maximum absolute atomic E-state index is 6.07. The van der Waals surface area contributed by atoms with Crippen LogP contribution in [0, 0.1) is 0 Å². The minimum atomic E-state index is 0.383. The number of ether oxygens (including phenoxy) is 1. The molecule has 1 aromatic carbocycles. The Bertz CT molecular complexity index is 570. The van der Waals surface area contributed by atoms with Crippen molar-refractivity contribution in [3.8, 4) is 5.75 Å². The van der Waals surface area contributed by atoms with Crippen molar-refractivity contribution >= 4 is 17.3 Å². The van der Waals surface area contributed by atoms with Crippen molar-refractivity contribution in [2.75, 3.05) is 5.73 Å². The summed E-state index contributed by atoms with van der Waals surface area (Å²) in [6, 6.07) is 7.89. The number of hydrogen-bond acceptors (Lipinski definition) is 3. The van der Waals surface area contributed by atoms with E-state index in [1.165, 1.54) is 25.7 Å². The van der Waals surface area contributed by atoms with E-state index >= 15 is 0 Å². The Morgan fingerprint density at radius 1 is 1.30 bits per heavy atom. The summed E-state index contributed by atoms with van der Waals surface area (Å²) >= 11 is 6.07. The number of nitrogen functional groups attached to an aromatic ring is 1. The van der Waals surface area contributed by atoms with Crippen LogP contribution in [0.1, 0.15) is 37.4 Å². The Morgan fingerprint density at radius 3 is 2.85 bits per heavy atom. The Morgan fingerprint density at radius 2 is 2.10 bits per heavy atom. The molecule has 0 atom stereocenters. The predicted octanol–water partition coefficient (Wildman–Crippen LogP) is 3.81. The van der Waals surface area contributed by atoms with Crippen LogP contribution in [-0.4, -0.2) is 9.78 Å². The van der Waals surface area contributed by atoms with Gasteiger partial charge in [0, 0.05) is 6.20 Å². The minimum Gasteiger partial charge on any atom is -0.483 e. The van der Waals surface area contributed by atoms with Gasteiger partial charge in [-0.1, -0.05) is 30.5 Å². The minimum absolute atomic E-state index is 0.383. The maximum atomic E-state index is 6.07. The molecule has 20 heavy (non-hydrogen) atoms. The van der Waals surface area contributed by atoms with E-state index in [-0.39, 0.29) is 0 Å². The molecule has 1 fully saturated rings. The molecule has 1 aromatic heterocycles. The molecule has 0 aliphatic heterocycles. The number of para-hydroxylation sites is 1. The summed E-state index contributed by atoms with van der Waals surface area (Å²) in [5, 5.41) is 5.10. The second-order valence-corrected chi connectivity index (χ2v) is 5.58. The van der Waals surface area contributed by atoms with Gasteiger partial charge in [-0.05, 0) is 31.0 Å². The van der Waals surface area contributed by atoms with E-state index < -0.39 is 0 Å². The van der Waals surface area contributed by atoms with Gasteiger partial charge in [0.2, 0.25) is 0 Å². The monoisotopic (exact) mass is 291 g/mol. The van der Waals surface area contributed by atoms with E-state index in [0.717, 1.165) is 5.69 Å². The molecular weight excluding hydrogens is 274 g/mol. The van der Waals surface area contributed by atoms with Crippen LogP contribution in [0.5, 0.6) is 5.75 Å². The van der Waals surface area contributed by atoms with Crippen molar-refractivity contribution in [3.05, 3.63) is 41.2 Å². The Balaban J connectivity index is 1.66. The molecule has 5 heteroatoms. The fourth-order valence-electron chi connectivity index (χ4n) is 2.65. The first-order valence-corrected chi connectivity index (χ1v) is 7.32. The molecule has 2 N–H and O–H groups in total. The van der Waals surface area contributed by atoms with Crippen LogP contribution in [0.3, 0.4) is 0 Å². The molecule has 1 heterocycles. The third-order valence-electron chi connectivity index (χ3n) is 3.72. The average molecular weight is 292 g/mol. The van der Waals surface area contributed by atoms with Gasteiger partial charge in [0.25, 0.3) is 0 Å². The SMILES string of the molecule is Nc1cccc(Cl)c1OCc1ccn(C2CCCC2)n1. The molecule has 0 unspecified atom stereocenters. The van der Waals surface area contributed by atoms with Gasteiger partial charge in [-0.25, -0.2) is 0 Å². The Labute approximate surface area is 123 Å². The quantitative estimate of drug-likeness (QED) is 0.872. The number of halogens is 1. The number of aromatic nitrogens is 2. The molecule has 4 nitrogen and oxygen atoms in total. The van der Waals surface area contributed by atoms with E-state index in [9.17, 15) is 0 Å². The first-order chi connectivity index (χ1) is 9.74. The summed E-state index contributed by atoms with van der Waals surface area (Å²) in [6.45, 7) is 0.383. The molecule has 0 saturated heterocycles. The lowest BCUT2D eigenvalue weighted by molar-refractivity contribution is 0.299. The molecular formula is C15H18ClN3O. The van der Waals surface area contributed by atoms with Gasteiger partial charge in [0.05, 0.1) is 22.4 Å². The second kappa shape index (κ2) is 5.75. The average Bonchev–Trinajstić information content (AvgIpc) is 3.09. The topological polar surface area (TPSA) is 53.1 Å². The molecule has 2 aromatic rings. The van der Waals surface area contributed by atoms with Gasteiger partial charge in [-0.15, -0.1) is 0 Å². The van der Waals surface area contributed by atoms with E-state index in [1.807, 2.05) is 12.3 Å². The lowest BCUT2D eigenvalue weighted by atomic mass is 10.3. The van der Waals surface area contributed by atoms with Crippen LogP contribution in [0.15, 0.2) is 30.5 Å². The second-order valence-electron chi connectivity index (χ2n) is 5.17. The summed E-state index contributed by atoms with van der Waals surface area (Å²) in [5.41, 5.74) is 7.30. The number of anilines is 1. The summed E-state index contributed by atoms with van der Waals surface area (Å²) in [7, 11) is 0. The summed E-state index contributed by atoms with van der Waals surface area (Å²) in [4.78, 5) is 0. The van der Waals surface area contributed by atoms with Crippen LogP contribution in [0.2, 0.25) is 5.02 Å². The summed E-state index contributed by atoms with van der Waals surface area (Å²) in [5.74, 6) is 0.532. The van der Waals surface area contributed by atoms with Crippen LogP contribution in [0.4, 0.5) is 5.69 Å². The van der Waals surface area contributed by atoms with E-state index in [0.29, 0.717) is 29.1 Å². The highest BCUT2D eigenvalue weighted by molar-refractivity contribution is 6.32. The van der Waals surface area contributed by atoms with Crippen LogP contribution >= 0.6 is 11.6 Å². The molecule has 0 radical (unpaired) electrons. The zero-order valence-electron chi connectivity index (χ0n) is 11.3. The van der Waals surface area contributed by atoms with Crippen molar-refractivity contribution in [3.63, 3.8) is 0 Å². The normalized spacial score (nSPS) is 15.7. The number of benzene rings is 1. The van der Waals surface area contributed by atoms with Crippen molar-refractivity contribution in [1.29, 1.82) is 0 Å². The van der Waals surface area contributed by atoms with E-state index in [4.69, 9.17) is 22.1 Å². The number of hydrogen-bond donors (Lipinski definition) is 1. The Kier molecular flexibility index (Phi) is 3.83. The molecule has 106 valence electrons. The third-order valence-corrected chi connectivity index (χ3v) is 4.02. The zero-order chi connectivity index (χ0) is 13.9. The van der Waals surface area contributed by atoms with Gasteiger partial charge in [0.1, 0.15) is 6.61 Å².